The Bertz CT molecular complexity index is 714. The van der Waals surface area contributed by atoms with Gasteiger partial charge < -0.3 is 20.1 Å². The van der Waals surface area contributed by atoms with Crippen LogP contribution in [0.3, 0.4) is 0 Å². The van der Waals surface area contributed by atoms with E-state index in [9.17, 15) is 4.79 Å². The van der Waals surface area contributed by atoms with E-state index in [4.69, 9.17) is 9.47 Å². The number of anilines is 2. The molecule has 0 saturated heterocycles. The molecule has 0 saturated carbocycles. The van der Waals surface area contributed by atoms with Crippen LogP contribution in [0.25, 0.3) is 0 Å². The van der Waals surface area contributed by atoms with Crippen LogP contribution < -0.4 is 20.1 Å². The molecule has 0 unspecified atom stereocenters. The largest absolute Gasteiger partial charge is 0.494 e. The second-order valence-corrected chi connectivity index (χ2v) is 7.42. The lowest BCUT2D eigenvalue weighted by atomic mass is 10.2. The van der Waals surface area contributed by atoms with Crippen molar-refractivity contribution in [2.75, 3.05) is 30.4 Å². The number of nitrogens with one attached hydrogen (secondary N) is 2. The van der Waals surface area contributed by atoms with Crippen LogP contribution in [0.4, 0.5) is 11.4 Å². The van der Waals surface area contributed by atoms with Gasteiger partial charge in [-0.2, -0.15) is 0 Å². The standard InChI is InChI=1S/C25H36N2O3/c1-3-5-7-8-9-19-30-24-16-12-22(13-17-24)27-25(28)20-26-21-10-14-23(15-11-21)29-18-6-4-2/h10-17,26H,3-9,18-20H2,1-2H3,(H,27,28). The fourth-order valence-corrected chi connectivity index (χ4v) is 2.92. The van der Waals surface area contributed by atoms with Gasteiger partial charge in [0.15, 0.2) is 0 Å². The molecule has 0 aromatic heterocycles. The van der Waals surface area contributed by atoms with Crippen LogP contribution in [0.5, 0.6) is 11.5 Å². The first-order valence-corrected chi connectivity index (χ1v) is 11.2. The molecule has 0 fully saturated rings. The number of benzene rings is 2. The minimum absolute atomic E-state index is 0.0946. The van der Waals surface area contributed by atoms with Crippen molar-refractivity contribution in [1.29, 1.82) is 0 Å². The molecule has 164 valence electrons. The predicted molar refractivity (Wildman–Crippen MR) is 125 cm³/mol. The third-order valence-corrected chi connectivity index (χ3v) is 4.73. The maximum absolute atomic E-state index is 12.2. The van der Waals surface area contributed by atoms with Gasteiger partial charge >= 0.3 is 0 Å². The molecular formula is C25H36N2O3. The van der Waals surface area contributed by atoms with Crippen LogP contribution in [0.15, 0.2) is 48.5 Å². The summed E-state index contributed by atoms with van der Waals surface area (Å²) in [5.74, 6) is 1.59. The van der Waals surface area contributed by atoms with E-state index in [1.807, 2.05) is 48.5 Å². The van der Waals surface area contributed by atoms with E-state index in [-0.39, 0.29) is 12.5 Å². The summed E-state index contributed by atoms with van der Waals surface area (Å²) >= 11 is 0. The number of hydrogen-bond donors (Lipinski definition) is 2. The summed E-state index contributed by atoms with van der Waals surface area (Å²) in [5.41, 5.74) is 1.65. The van der Waals surface area contributed by atoms with E-state index in [0.29, 0.717) is 0 Å². The molecule has 0 spiro atoms. The van der Waals surface area contributed by atoms with Crippen LogP contribution in [-0.2, 0) is 4.79 Å². The molecule has 2 aromatic carbocycles. The fourth-order valence-electron chi connectivity index (χ4n) is 2.92. The molecule has 0 aliphatic heterocycles. The van der Waals surface area contributed by atoms with E-state index >= 15 is 0 Å². The van der Waals surface area contributed by atoms with Crippen molar-refractivity contribution >= 4 is 17.3 Å². The van der Waals surface area contributed by atoms with Gasteiger partial charge in [0.2, 0.25) is 5.91 Å². The highest BCUT2D eigenvalue weighted by Gasteiger charge is 2.03. The Hall–Kier alpha value is -2.69. The molecule has 0 heterocycles. The van der Waals surface area contributed by atoms with Gasteiger partial charge in [-0.3, -0.25) is 4.79 Å². The Morgan fingerprint density at radius 2 is 1.23 bits per heavy atom. The summed E-state index contributed by atoms with van der Waals surface area (Å²) < 4.78 is 11.4. The lowest BCUT2D eigenvalue weighted by Crippen LogP contribution is -2.21. The predicted octanol–water partition coefficient (Wildman–Crippen LogP) is 6.27. The third-order valence-electron chi connectivity index (χ3n) is 4.73. The third kappa shape index (κ3) is 9.68. The Labute approximate surface area is 181 Å². The van der Waals surface area contributed by atoms with Crippen LogP contribution in [0, 0.1) is 0 Å². The lowest BCUT2D eigenvalue weighted by molar-refractivity contribution is -0.114. The molecule has 2 aromatic rings. The molecule has 0 radical (unpaired) electrons. The van der Waals surface area contributed by atoms with E-state index < -0.39 is 0 Å². The molecule has 5 heteroatoms. The average molecular weight is 413 g/mol. The number of carbonyl (C=O) groups is 1. The second-order valence-electron chi connectivity index (χ2n) is 7.42. The summed E-state index contributed by atoms with van der Waals surface area (Å²) in [4.78, 5) is 12.2. The van der Waals surface area contributed by atoms with Gasteiger partial charge in [0, 0.05) is 11.4 Å². The average Bonchev–Trinajstić information content (AvgIpc) is 2.77. The Morgan fingerprint density at radius 3 is 1.83 bits per heavy atom. The van der Waals surface area contributed by atoms with E-state index in [1.165, 1.54) is 25.7 Å². The normalized spacial score (nSPS) is 10.5. The maximum Gasteiger partial charge on any atom is 0.243 e. The van der Waals surface area contributed by atoms with Crippen molar-refractivity contribution in [3.63, 3.8) is 0 Å². The molecule has 0 bridgehead atoms. The first-order valence-electron chi connectivity index (χ1n) is 11.2. The zero-order chi connectivity index (χ0) is 21.4. The SMILES string of the molecule is CCCCCCCOc1ccc(NC(=O)CNc2ccc(OCCCC)cc2)cc1. The van der Waals surface area contributed by atoms with Gasteiger partial charge in [-0.25, -0.2) is 0 Å². The summed E-state index contributed by atoms with van der Waals surface area (Å²) in [6.07, 6.45) is 8.28. The zero-order valence-electron chi connectivity index (χ0n) is 18.4. The fraction of sp³-hybridized carbons (Fsp3) is 0.480. The van der Waals surface area contributed by atoms with Crippen molar-refractivity contribution in [2.45, 2.75) is 58.8 Å². The maximum atomic E-state index is 12.2. The van der Waals surface area contributed by atoms with Gasteiger partial charge in [-0.05, 0) is 61.4 Å². The molecular weight excluding hydrogens is 376 g/mol. The molecule has 1 amide bonds. The quantitative estimate of drug-likeness (QED) is 0.339. The van der Waals surface area contributed by atoms with Gasteiger partial charge in [-0.15, -0.1) is 0 Å². The van der Waals surface area contributed by atoms with E-state index in [2.05, 4.69) is 24.5 Å². The van der Waals surface area contributed by atoms with Crippen molar-refractivity contribution in [3.05, 3.63) is 48.5 Å². The Morgan fingerprint density at radius 1 is 0.700 bits per heavy atom. The summed E-state index contributed by atoms with van der Waals surface area (Å²) in [7, 11) is 0. The zero-order valence-corrected chi connectivity index (χ0v) is 18.4. The molecule has 0 atom stereocenters. The smallest absolute Gasteiger partial charge is 0.243 e. The van der Waals surface area contributed by atoms with Crippen molar-refractivity contribution in [2.24, 2.45) is 0 Å². The van der Waals surface area contributed by atoms with Crippen molar-refractivity contribution in [1.82, 2.24) is 0 Å². The van der Waals surface area contributed by atoms with Crippen LogP contribution in [0.2, 0.25) is 0 Å². The number of amides is 1. The van der Waals surface area contributed by atoms with Crippen LogP contribution in [0.1, 0.15) is 58.8 Å². The monoisotopic (exact) mass is 412 g/mol. The highest BCUT2D eigenvalue weighted by Crippen LogP contribution is 2.18. The topological polar surface area (TPSA) is 59.6 Å². The summed E-state index contributed by atoms with van der Waals surface area (Å²) in [5, 5.41) is 6.02. The number of rotatable bonds is 15. The molecule has 0 aliphatic rings. The number of carbonyl (C=O) groups excluding carboxylic acids is 1. The van der Waals surface area contributed by atoms with Crippen molar-refractivity contribution in [3.8, 4) is 11.5 Å². The second kappa shape index (κ2) is 14.3. The number of ether oxygens (including phenoxy) is 2. The molecule has 0 aliphatic carbocycles. The van der Waals surface area contributed by atoms with Gasteiger partial charge in [-0.1, -0.05) is 46.0 Å². The number of hydrogen-bond acceptors (Lipinski definition) is 4. The van der Waals surface area contributed by atoms with Gasteiger partial charge in [0.25, 0.3) is 0 Å². The van der Waals surface area contributed by atoms with E-state index in [1.54, 1.807) is 0 Å². The Kier molecular flexibility index (Phi) is 11.3. The molecule has 2 N–H and O–H groups in total. The van der Waals surface area contributed by atoms with Gasteiger partial charge in [0.05, 0.1) is 19.8 Å². The summed E-state index contributed by atoms with van der Waals surface area (Å²) in [6.45, 7) is 6.02. The van der Waals surface area contributed by atoms with Crippen LogP contribution >= 0.6 is 0 Å². The van der Waals surface area contributed by atoms with Crippen molar-refractivity contribution < 1.29 is 14.3 Å². The first-order chi connectivity index (χ1) is 14.7. The molecule has 30 heavy (non-hydrogen) atoms. The van der Waals surface area contributed by atoms with Crippen LogP contribution in [-0.4, -0.2) is 25.7 Å². The minimum Gasteiger partial charge on any atom is -0.494 e. The lowest BCUT2D eigenvalue weighted by Gasteiger charge is -2.10. The van der Waals surface area contributed by atoms with Gasteiger partial charge in [0.1, 0.15) is 11.5 Å². The number of unbranched alkanes of at least 4 members (excludes halogenated alkanes) is 5. The summed E-state index contributed by atoms with van der Waals surface area (Å²) in [6, 6.07) is 15.2. The Balaban J connectivity index is 1.65. The highest BCUT2D eigenvalue weighted by atomic mass is 16.5. The minimum atomic E-state index is -0.0946. The highest BCUT2D eigenvalue weighted by molar-refractivity contribution is 5.93. The molecule has 2 rings (SSSR count). The molecule has 5 nitrogen and oxygen atoms in total. The van der Waals surface area contributed by atoms with E-state index in [0.717, 1.165) is 55.4 Å². The first kappa shape index (κ1) is 23.6.